The van der Waals surface area contributed by atoms with Gasteiger partial charge < -0.3 is 0 Å². The first-order valence-corrected chi connectivity index (χ1v) is 5.46. The Morgan fingerprint density at radius 2 is 1.79 bits per heavy atom. The summed E-state index contributed by atoms with van der Waals surface area (Å²) in [7, 11) is 1.89. The monoisotopic (exact) mass is 189 g/mol. The quantitative estimate of drug-likeness (QED) is 0.592. The van der Waals surface area contributed by atoms with Crippen molar-refractivity contribution in [3.8, 4) is 0 Å². The van der Waals surface area contributed by atoms with Crippen LogP contribution in [-0.4, -0.2) is 12.8 Å². The van der Waals surface area contributed by atoms with Gasteiger partial charge in [0.15, 0.2) is 0 Å². The highest BCUT2D eigenvalue weighted by Crippen LogP contribution is 2.20. The summed E-state index contributed by atoms with van der Waals surface area (Å²) >= 11 is 0. The molecule has 0 radical (unpaired) electrons. The summed E-state index contributed by atoms with van der Waals surface area (Å²) in [5.74, 6) is 0. The van der Waals surface area contributed by atoms with E-state index in [0.717, 1.165) is 6.42 Å². The molecule has 0 fully saturated rings. The lowest BCUT2D eigenvalue weighted by molar-refractivity contribution is 0.837. The minimum absolute atomic E-state index is 1.15. The van der Waals surface area contributed by atoms with Gasteiger partial charge in [-0.2, -0.15) is 0 Å². The van der Waals surface area contributed by atoms with E-state index in [0.29, 0.717) is 0 Å². The highest BCUT2D eigenvalue weighted by Gasteiger charge is 2.12. The van der Waals surface area contributed by atoms with E-state index in [1.165, 1.54) is 29.7 Å². The molecular weight excluding hydrogens is 170 g/mol. The first kappa shape index (κ1) is 11.0. The molecule has 0 amide bonds. The third-order valence-electron chi connectivity index (χ3n) is 2.46. The molecule has 0 spiro atoms. The Kier molecular flexibility index (Phi) is 4.37. The maximum Gasteiger partial charge on any atom is 0.0419 e. The van der Waals surface area contributed by atoms with E-state index in [-0.39, 0.29) is 0 Å². The molecule has 14 heavy (non-hydrogen) atoms. The van der Waals surface area contributed by atoms with E-state index in [9.17, 15) is 0 Å². The Labute approximate surface area is 86.9 Å². The molecule has 0 aliphatic heterocycles. The first-order valence-electron chi connectivity index (χ1n) is 5.46. The highest BCUT2D eigenvalue weighted by atomic mass is 14.7. The molecule has 1 aromatic carbocycles. The second-order valence-corrected chi connectivity index (χ2v) is 3.18. The third-order valence-corrected chi connectivity index (χ3v) is 2.46. The van der Waals surface area contributed by atoms with Crippen LogP contribution in [0.15, 0.2) is 29.3 Å². The minimum atomic E-state index is 1.15. The second-order valence-electron chi connectivity index (χ2n) is 3.18. The minimum Gasteiger partial charge on any atom is -0.292 e. The van der Waals surface area contributed by atoms with Gasteiger partial charge in [0.05, 0.1) is 0 Å². The van der Waals surface area contributed by atoms with Crippen LogP contribution < -0.4 is 0 Å². The number of hydrogen-bond acceptors (Lipinski definition) is 1. The van der Waals surface area contributed by atoms with Crippen LogP contribution in [0, 0.1) is 0 Å². The van der Waals surface area contributed by atoms with Crippen molar-refractivity contribution in [2.45, 2.75) is 33.1 Å². The zero-order valence-electron chi connectivity index (χ0n) is 9.38. The van der Waals surface area contributed by atoms with E-state index in [1.54, 1.807) is 0 Å². The lowest BCUT2D eigenvalue weighted by atomic mass is 9.90. The normalized spacial score (nSPS) is 16.9. The van der Waals surface area contributed by atoms with Crippen molar-refractivity contribution in [2.75, 3.05) is 7.05 Å². The Morgan fingerprint density at radius 3 is 2.50 bits per heavy atom. The van der Waals surface area contributed by atoms with Crippen LogP contribution in [0.5, 0.6) is 0 Å². The van der Waals surface area contributed by atoms with E-state index in [2.05, 4.69) is 29.3 Å². The SMILES string of the molecule is CC.CN=C1CCCc2ccccc21. The van der Waals surface area contributed by atoms with Gasteiger partial charge in [-0.3, -0.25) is 4.99 Å². The van der Waals surface area contributed by atoms with Crippen LogP contribution >= 0.6 is 0 Å². The van der Waals surface area contributed by atoms with E-state index < -0.39 is 0 Å². The van der Waals surface area contributed by atoms with Crippen LogP contribution in [0.1, 0.15) is 37.8 Å². The number of aliphatic imine (C=N–C) groups is 1. The van der Waals surface area contributed by atoms with E-state index in [1.807, 2.05) is 20.9 Å². The molecule has 0 saturated heterocycles. The van der Waals surface area contributed by atoms with Crippen molar-refractivity contribution < 1.29 is 0 Å². The number of rotatable bonds is 0. The van der Waals surface area contributed by atoms with Crippen LogP contribution in [0.25, 0.3) is 0 Å². The Hall–Kier alpha value is -1.11. The van der Waals surface area contributed by atoms with Crippen molar-refractivity contribution >= 4 is 5.71 Å². The van der Waals surface area contributed by atoms with Gasteiger partial charge >= 0.3 is 0 Å². The molecule has 0 bridgehead atoms. The van der Waals surface area contributed by atoms with Gasteiger partial charge in [-0.25, -0.2) is 0 Å². The van der Waals surface area contributed by atoms with E-state index >= 15 is 0 Å². The zero-order chi connectivity index (χ0) is 10.4. The van der Waals surface area contributed by atoms with Crippen LogP contribution in [0.2, 0.25) is 0 Å². The smallest absolute Gasteiger partial charge is 0.0419 e. The predicted molar refractivity (Wildman–Crippen MR) is 63.2 cm³/mol. The molecule has 1 aliphatic rings. The van der Waals surface area contributed by atoms with Crippen molar-refractivity contribution in [2.24, 2.45) is 4.99 Å². The lowest BCUT2D eigenvalue weighted by Gasteiger charge is -2.16. The molecule has 1 aromatic rings. The molecule has 1 heteroatoms. The average Bonchev–Trinajstić information content (AvgIpc) is 2.31. The molecule has 0 aromatic heterocycles. The fourth-order valence-corrected chi connectivity index (χ4v) is 1.83. The maximum absolute atomic E-state index is 4.31. The van der Waals surface area contributed by atoms with Gasteiger partial charge in [0, 0.05) is 12.8 Å². The van der Waals surface area contributed by atoms with Gasteiger partial charge in [-0.1, -0.05) is 38.1 Å². The Bertz CT molecular complexity index is 313. The average molecular weight is 189 g/mol. The van der Waals surface area contributed by atoms with Gasteiger partial charge in [0.1, 0.15) is 0 Å². The Balaban J connectivity index is 0.000000461. The van der Waals surface area contributed by atoms with Crippen molar-refractivity contribution in [3.05, 3.63) is 35.4 Å². The van der Waals surface area contributed by atoms with Crippen LogP contribution in [-0.2, 0) is 6.42 Å². The molecule has 0 heterocycles. The largest absolute Gasteiger partial charge is 0.292 e. The summed E-state index contributed by atoms with van der Waals surface area (Å²) in [6.45, 7) is 4.00. The topological polar surface area (TPSA) is 12.4 Å². The lowest BCUT2D eigenvalue weighted by Crippen LogP contribution is -2.11. The molecule has 1 nitrogen and oxygen atoms in total. The molecule has 0 N–H and O–H groups in total. The summed E-state index contributed by atoms with van der Waals surface area (Å²) in [6, 6.07) is 8.59. The number of aryl methyl sites for hydroxylation is 1. The summed E-state index contributed by atoms with van der Waals surface area (Å²) in [5, 5.41) is 0. The molecule has 1 aliphatic carbocycles. The summed E-state index contributed by atoms with van der Waals surface area (Å²) in [5.41, 5.74) is 4.10. The van der Waals surface area contributed by atoms with Gasteiger partial charge in [-0.15, -0.1) is 0 Å². The summed E-state index contributed by atoms with van der Waals surface area (Å²) in [4.78, 5) is 4.31. The molecule has 0 saturated carbocycles. The summed E-state index contributed by atoms with van der Waals surface area (Å²) in [6.07, 6.45) is 3.62. The van der Waals surface area contributed by atoms with Gasteiger partial charge in [0.2, 0.25) is 0 Å². The molecular formula is C13H19N. The van der Waals surface area contributed by atoms with Gasteiger partial charge in [-0.05, 0) is 30.4 Å². The molecule has 76 valence electrons. The molecule has 0 atom stereocenters. The number of fused-ring (bicyclic) bond motifs is 1. The predicted octanol–water partition coefficient (Wildman–Crippen LogP) is 3.47. The standard InChI is InChI=1S/C11H13N.C2H6/c1-12-11-8-4-6-9-5-2-3-7-10(9)11;1-2/h2-3,5,7H,4,6,8H2,1H3;1-2H3. The highest BCUT2D eigenvalue weighted by molar-refractivity contribution is 6.02. The van der Waals surface area contributed by atoms with Crippen LogP contribution in [0.4, 0.5) is 0 Å². The summed E-state index contributed by atoms with van der Waals surface area (Å²) < 4.78 is 0. The maximum atomic E-state index is 4.31. The van der Waals surface area contributed by atoms with Crippen molar-refractivity contribution in [3.63, 3.8) is 0 Å². The van der Waals surface area contributed by atoms with Crippen molar-refractivity contribution in [1.29, 1.82) is 0 Å². The first-order chi connectivity index (χ1) is 6.92. The fourth-order valence-electron chi connectivity index (χ4n) is 1.83. The van der Waals surface area contributed by atoms with Crippen LogP contribution in [0.3, 0.4) is 0 Å². The molecule has 0 unspecified atom stereocenters. The Morgan fingerprint density at radius 1 is 1.07 bits per heavy atom. The number of nitrogens with zero attached hydrogens (tertiary/aromatic N) is 1. The van der Waals surface area contributed by atoms with Crippen molar-refractivity contribution in [1.82, 2.24) is 0 Å². The van der Waals surface area contributed by atoms with Gasteiger partial charge in [0.25, 0.3) is 0 Å². The molecule has 2 rings (SSSR count). The number of benzene rings is 1. The fraction of sp³-hybridized carbons (Fsp3) is 0.462. The van der Waals surface area contributed by atoms with E-state index in [4.69, 9.17) is 0 Å². The third kappa shape index (κ3) is 2.22. The second kappa shape index (κ2) is 5.58. The zero-order valence-corrected chi connectivity index (χ0v) is 9.38. The number of hydrogen-bond donors (Lipinski definition) is 0.